The van der Waals surface area contributed by atoms with Crippen molar-refractivity contribution in [2.75, 3.05) is 18.8 Å². The van der Waals surface area contributed by atoms with E-state index in [4.69, 9.17) is 0 Å². The Kier molecular flexibility index (Phi) is 3.35. The maximum Gasteiger partial charge on any atom is 0.0285 e. The third kappa shape index (κ3) is 2.12. The molecule has 2 rings (SSSR count). The first kappa shape index (κ1) is 10.0. The normalized spacial score (nSPS) is 28.2. The quantitative estimate of drug-likeness (QED) is 0.793. The molecule has 0 amide bonds. The van der Waals surface area contributed by atoms with E-state index in [0.29, 0.717) is 11.8 Å². The minimum atomic E-state index is 0.675. The largest absolute Gasteiger partial charge is 0.316 e. The van der Waals surface area contributed by atoms with Crippen LogP contribution in [0.3, 0.4) is 0 Å². The molecule has 0 bridgehead atoms. The van der Waals surface area contributed by atoms with E-state index in [1.807, 2.05) is 11.3 Å². The molecule has 1 aliphatic heterocycles. The molecule has 2 unspecified atom stereocenters. The zero-order valence-electron chi connectivity index (χ0n) is 7.16. The highest BCUT2D eigenvalue weighted by molar-refractivity contribution is 9.10. The van der Waals surface area contributed by atoms with E-state index in [2.05, 4.69) is 45.3 Å². The number of hydrogen-bond donors (Lipinski definition) is 2. The number of thiol groups is 1. The second-order valence-corrected chi connectivity index (χ2v) is 5.60. The maximum atomic E-state index is 4.38. The molecule has 1 aromatic heterocycles. The van der Waals surface area contributed by atoms with Gasteiger partial charge >= 0.3 is 0 Å². The standard InChI is InChI=1S/C9H12BrNS2/c10-7-1-9(13-5-7)8-3-11-2-6(8)4-12/h1,5-6,8,11-12H,2-4H2. The fourth-order valence-corrected chi connectivity index (χ4v) is 3.80. The molecule has 0 aromatic carbocycles. The fraction of sp³-hybridized carbons (Fsp3) is 0.556. The number of halogens is 1. The third-order valence-corrected chi connectivity index (χ3v) is 4.82. The van der Waals surface area contributed by atoms with Gasteiger partial charge in [0.1, 0.15) is 0 Å². The molecule has 0 radical (unpaired) electrons. The van der Waals surface area contributed by atoms with Crippen LogP contribution in [0.5, 0.6) is 0 Å². The molecule has 1 N–H and O–H groups in total. The van der Waals surface area contributed by atoms with Gasteiger partial charge in [-0.1, -0.05) is 0 Å². The number of thiophene rings is 1. The molecule has 4 heteroatoms. The van der Waals surface area contributed by atoms with Crippen LogP contribution in [-0.4, -0.2) is 18.8 Å². The lowest BCUT2D eigenvalue weighted by Crippen LogP contribution is -2.11. The number of nitrogens with one attached hydrogen (secondary N) is 1. The molecule has 0 saturated carbocycles. The number of hydrogen-bond acceptors (Lipinski definition) is 3. The van der Waals surface area contributed by atoms with Gasteiger partial charge in [-0.3, -0.25) is 0 Å². The lowest BCUT2D eigenvalue weighted by atomic mass is 9.96. The van der Waals surface area contributed by atoms with Crippen molar-refractivity contribution in [1.82, 2.24) is 5.32 Å². The monoisotopic (exact) mass is 277 g/mol. The Balaban J connectivity index is 2.15. The van der Waals surface area contributed by atoms with Crippen molar-refractivity contribution in [2.24, 2.45) is 5.92 Å². The van der Waals surface area contributed by atoms with Crippen molar-refractivity contribution in [2.45, 2.75) is 5.92 Å². The van der Waals surface area contributed by atoms with E-state index in [1.54, 1.807) is 0 Å². The lowest BCUT2D eigenvalue weighted by Gasteiger charge is -2.13. The summed E-state index contributed by atoms with van der Waals surface area (Å²) in [5.74, 6) is 2.36. The molecule has 1 fully saturated rings. The van der Waals surface area contributed by atoms with Crippen molar-refractivity contribution < 1.29 is 0 Å². The van der Waals surface area contributed by atoms with Crippen molar-refractivity contribution in [3.8, 4) is 0 Å². The Labute approximate surface area is 96.5 Å². The first-order valence-corrected chi connectivity index (χ1v) is 6.67. The Morgan fingerprint density at radius 1 is 1.62 bits per heavy atom. The highest BCUT2D eigenvalue weighted by Gasteiger charge is 2.28. The van der Waals surface area contributed by atoms with Crippen LogP contribution in [-0.2, 0) is 0 Å². The van der Waals surface area contributed by atoms with Crippen LogP contribution in [0.4, 0.5) is 0 Å². The first-order chi connectivity index (χ1) is 6.31. The lowest BCUT2D eigenvalue weighted by molar-refractivity contribution is 0.591. The summed E-state index contributed by atoms with van der Waals surface area (Å²) in [6.45, 7) is 2.22. The topological polar surface area (TPSA) is 12.0 Å². The molecule has 0 aliphatic carbocycles. The zero-order valence-corrected chi connectivity index (χ0v) is 10.5. The first-order valence-electron chi connectivity index (χ1n) is 4.36. The van der Waals surface area contributed by atoms with Gasteiger partial charge in [0.15, 0.2) is 0 Å². The summed E-state index contributed by atoms with van der Waals surface area (Å²) in [4.78, 5) is 1.48. The van der Waals surface area contributed by atoms with Gasteiger partial charge in [-0.05, 0) is 40.2 Å². The SMILES string of the molecule is SCC1CNCC1c1cc(Br)cs1. The van der Waals surface area contributed by atoms with E-state index in [-0.39, 0.29) is 0 Å². The second-order valence-electron chi connectivity index (χ2n) is 3.37. The Bertz CT molecular complexity index is 287. The molecule has 1 aliphatic rings. The van der Waals surface area contributed by atoms with Crippen LogP contribution in [0.1, 0.15) is 10.8 Å². The summed E-state index contributed by atoms with van der Waals surface area (Å²) in [5.41, 5.74) is 0. The maximum absolute atomic E-state index is 4.38. The smallest absolute Gasteiger partial charge is 0.0285 e. The summed E-state index contributed by atoms with van der Waals surface area (Å²) < 4.78 is 1.21. The van der Waals surface area contributed by atoms with Crippen LogP contribution in [0.2, 0.25) is 0 Å². The summed E-state index contributed by atoms with van der Waals surface area (Å²) in [6.07, 6.45) is 0. The predicted octanol–water partition coefficient (Wildman–Crippen LogP) is 2.74. The van der Waals surface area contributed by atoms with Crippen LogP contribution >= 0.6 is 39.9 Å². The molecule has 13 heavy (non-hydrogen) atoms. The fourth-order valence-electron chi connectivity index (χ4n) is 1.78. The van der Waals surface area contributed by atoms with Gasteiger partial charge in [0.25, 0.3) is 0 Å². The van der Waals surface area contributed by atoms with E-state index in [1.165, 1.54) is 9.35 Å². The van der Waals surface area contributed by atoms with Gasteiger partial charge in [0.05, 0.1) is 0 Å². The molecule has 2 atom stereocenters. The van der Waals surface area contributed by atoms with Crippen molar-refractivity contribution in [3.63, 3.8) is 0 Å². The van der Waals surface area contributed by atoms with Crippen molar-refractivity contribution in [3.05, 3.63) is 20.8 Å². The van der Waals surface area contributed by atoms with Gasteiger partial charge in [0.2, 0.25) is 0 Å². The molecule has 0 spiro atoms. The van der Waals surface area contributed by atoms with Gasteiger partial charge in [-0.2, -0.15) is 12.6 Å². The summed E-state index contributed by atoms with van der Waals surface area (Å²) in [7, 11) is 0. The molecule has 72 valence electrons. The molecular weight excluding hydrogens is 266 g/mol. The molecule has 1 saturated heterocycles. The van der Waals surface area contributed by atoms with Crippen molar-refractivity contribution >= 4 is 39.9 Å². The Morgan fingerprint density at radius 3 is 3.08 bits per heavy atom. The minimum Gasteiger partial charge on any atom is -0.316 e. The van der Waals surface area contributed by atoms with Crippen LogP contribution in [0.15, 0.2) is 15.9 Å². The molecular formula is C9H12BrNS2. The zero-order chi connectivity index (χ0) is 9.26. The average Bonchev–Trinajstić information content (AvgIpc) is 2.71. The summed E-state index contributed by atoms with van der Waals surface area (Å²) in [6, 6.07) is 2.23. The molecule has 2 heterocycles. The average molecular weight is 278 g/mol. The van der Waals surface area contributed by atoms with Gasteiger partial charge < -0.3 is 5.32 Å². The third-order valence-electron chi connectivity index (χ3n) is 2.53. The number of rotatable bonds is 2. The highest BCUT2D eigenvalue weighted by Crippen LogP contribution is 2.34. The minimum absolute atomic E-state index is 0.675. The highest BCUT2D eigenvalue weighted by atomic mass is 79.9. The van der Waals surface area contributed by atoms with Crippen LogP contribution in [0, 0.1) is 5.92 Å². The summed E-state index contributed by atoms with van der Waals surface area (Å²) >= 11 is 9.72. The Hall–Kier alpha value is 0.490. The predicted molar refractivity (Wildman–Crippen MR) is 65.0 cm³/mol. The van der Waals surface area contributed by atoms with Crippen LogP contribution in [0.25, 0.3) is 0 Å². The van der Waals surface area contributed by atoms with Crippen molar-refractivity contribution in [1.29, 1.82) is 0 Å². The van der Waals surface area contributed by atoms with E-state index in [0.717, 1.165) is 18.8 Å². The second kappa shape index (κ2) is 4.34. The van der Waals surface area contributed by atoms with E-state index in [9.17, 15) is 0 Å². The van der Waals surface area contributed by atoms with E-state index < -0.39 is 0 Å². The van der Waals surface area contributed by atoms with Gasteiger partial charge in [0, 0.05) is 27.2 Å². The molecule has 1 nitrogen and oxygen atoms in total. The van der Waals surface area contributed by atoms with Crippen LogP contribution < -0.4 is 5.32 Å². The van der Waals surface area contributed by atoms with Gasteiger partial charge in [-0.25, -0.2) is 0 Å². The Morgan fingerprint density at radius 2 is 2.46 bits per heavy atom. The van der Waals surface area contributed by atoms with Gasteiger partial charge in [-0.15, -0.1) is 11.3 Å². The molecule has 1 aromatic rings. The van der Waals surface area contributed by atoms with E-state index >= 15 is 0 Å². The summed E-state index contributed by atoms with van der Waals surface area (Å²) in [5, 5.41) is 5.58.